The molecule has 0 bridgehead atoms. The van der Waals surface area contributed by atoms with Gasteiger partial charge in [-0.15, -0.1) is 0 Å². The van der Waals surface area contributed by atoms with E-state index in [1.165, 1.54) is 19.5 Å². The molecule has 0 aliphatic heterocycles. The number of nitrogens with one attached hydrogen (secondary N) is 2. The molecule has 11 heteroatoms. The fraction of sp³-hybridized carbons (Fsp3) is 0.423. The number of carbonyl (C=O) groups is 1. The van der Waals surface area contributed by atoms with Gasteiger partial charge >= 0.3 is 5.97 Å². The Morgan fingerprint density at radius 2 is 1.97 bits per heavy atom. The van der Waals surface area contributed by atoms with Gasteiger partial charge in [0.05, 0.1) is 36.6 Å². The van der Waals surface area contributed by atoms with Gasteiger partial charge in [0, 0.05) is 24.5 Å². The zero-order chi connectivity index (χ0) is 26.4. The van der Waals surface area contributed by atoms with Gasteiger partial charge in [-0.2, -0.15) is 0 Å². The summed E-state index contributed by atoms with van der Waals surface area (Å²) in [7, 11) is 2.96. The van der Waals surface area contributed by atoms with Gasteiger partial charge in [-0.05, 0) is 49.8 Å². The number of nitrogens with two attached hydrogens (primary N) is 1. The second-order valence-corrected chi connectivity index (χ2v) is 9.27. The molecule has 0 spiro atoms. The summed E-state index contributed by atoms with van der Waals surface area (Å²) in [5.41, 5.74) is 6.42. The number of rotatable bonds is 10. The van der Waals surface area contributed by atoms with Crippen molar-refractivity contribution >= 4 is 40.0 Å². The standard InChI is InChI=1S/C26H31ClFN5O4/c1-35-21-13-20-17(25(32-14-31-20)33-19-5-3-4-18(27)23(19)28)12-22(21)37-16-8-6-15(7-9-16)24(26(34)36-2)30-11-10-29/h3-5,12-16,24,30H,6-11,29H2,1-2H3,(H,31,32,33)/t15-,16-,24-/m1/s1. The van der Waals surface area contributed by atoms with Crippen LogP contribution in [0.2, 0.25) is 5.02 Å². The van der Waals surface area contributed by atoms with Crippen molar-refractivity contribution in [3.05, 3.63) is 47.5 Å². The normalized spacial score (nSPS) is 18.3. The van der Waals surface area contributed by atoms with Crippen molar-refractivity contribution in [3.63, 3.8) is 0 Å². The Bertz CT molecular complexity index is 1240. The monoisotopic (exact) mass is 531 g/mol. The molecule has 0 radical (unpaired) electrons. The maximum absolute atomic E-state index is 14.5. The van der Waals surface area contributed by atoms with E-state index in [1.807, 2.05) is 0 Å². The molecule has 1 aromatic heterocycles. The third kappa shape index (κ3) is 6.20. The van der Waals surface area contributed by atoms with Crippen LogP contribution >= 0.6 is 11.6 Å². The van der Waals surface area contributed by atoms with Crippen molar-refractivity contribution in [3.8, 4) is 11.5 Å². The number of ether oxygens (including phenoxy) is 3. The van der Waals surface area contributed by atoms with Crippen LogP contribution in [0.4, 0.5) is 15.9 Å². The van der Waals surface area contributed by atoms with Gasteiger partial charge in [-0.3, -0.25) is 4.79 Å². The highest BCUT2D eigenvalue weighted by molar-refractivity contribution is 6.31. The van der Waals surface area contributed by atoms with E-state index >= 15 is 0 Å². The molecule has 1 heterocycles. The molecule has 0 saturated heterocycles. The van der Waals surface area contributed by atoms with Crippen LogP contribution in [-0.4, -0.2) is 55.4 Å². The molecule has 1 aliphatic carbocycles. The van der Waals surface area contributed by atoms with Crippen LogP contribution in [-0.2, 0) is 9.53 Å². The lowest BCUT2D eigenvalue weighted by molar-refractivity contribution is -0.145. The minimum Gasteiger partial charge on any atom is -0.493 e. The number of anilines is 2. The smallest absolute Gasteiger partial charge is 0.323 e. The van der Waals surface area contributed by atoms with E-state index in [1.54, 1.807) is 31.4 Å². The molecule has 37 heavy (non-hydrogen) atoms. The number of hydrogen-bond acceptors (Lipinski definition) is 9. The number of aromatic nitrogens is 2. The van der Waals surface area contributed by atoms with Crippen molar-refractivity contribution in [1.29, 1.82) is 0 Å². The Hall–Kier alpha value is -3.21. The predicted octanol–water partition coefficient (Wildman–Crippen LogP) is 4.20. The number of benzene rings is 2. The first kappa shape index (κ1) is 26.8. The van der Waals surface area contributed by atoms with Crippen molar-refractivity contribution in [2.24, 2.45) is 11.7 Å². The van der Waals surface area contributed by atoms with Crippen LogP contribution in [0.3, 0.4) is 0 Å². The van der Waals surface area contributed by atoms with Gasteiger partial charge in [0.15, 0.2) is 17.3 Å². The van der Waals surface area contributed by atoms with E-state index in [9.17, 15) is 9.18 Å². The fourth-order valence-electron chi connectivity index (χ4n) is 4.67. The molecule has 1 aliphatic rings. The highest BCUT2D eigenvalue weighted by atomic mass is 35.5. The Labute approximate surface area is 219 Å². The quantitative estimate of drug-likeness (QED) is 0.330. The number of nitrogens with zero attached hydrogens (tertiary/aromatic N) is 2. The van der Waals surface area contributed by atoms with E-state index in [-0.39, 0.29) is 34.7 Å². The molecular weight excluding hydrogens is 501 g/mol. The lowest BCUT2D eigenvalue weighted by atomic mass is 9.82. The van der Waals surface area contributed by atoms with Crippen LogP contribution in [0.5, 0.6) is 11.5 Å². The second-order valence-electron chi connectivity index (χ2n) is 8.87. The minimum absolute atomic E-state index is 0.0114. The summed E-state index contributed by atoms with van der Waals surface area (Å²) in [6, 6.07) is 7.89. The lowest BCUT2D eigenvalue weighted by Crippen LogP contribution is -2.47. The largest absolute Gasteiger partial charge is 0.493 e. The zero-order valence-corrected chi connectivity index (χ0v) is 21.6. The van der Waals surface area contributed by atoms with Crippen molar-refractivity contribution in [1.82, 2.24) is 15.3 Å². The highest BCUT2D eigenvalue weighted by Gasteiger charge is 2.33. The van der Waals surface area contributed by atoms with E-state index < -0.39 is 5.82 Å². The molecule has 4 rings (SSSR count). The first-order valence-electron chi connectivity index (χ1n) is 12.2. The molecule has 1 saturated carbocycles. The molecule has 0 unspecified atom stereocenters. The minimum atomic E-state index is -0.566. The summed E-state index contributed by atoms with van der Waals surface area (Å²) in [6.07, 6.45) is 4.43. The van der Waals surface area contributed by atoms with Crippen molar-refractivity contribution < 1.29 is 23.4 Å². The molecule has 198 valence electrons. The van der Waals surface area contributed by atoms with E-state index in [0.717, 1.165) is 25.7 Å². The summed E-state index contributed by atoms with van der Waals surface area (Å²) in [4.78, 5) is 20.9. The summed E-state index contributed by atoms with van der Waals surface area (Å²) in [6.45, 7) is 0.986. The average molecular weight is 532 g/mol. The van der Waals surface area contributed by atoms with Crippen LogP contribution in [0.25, 0.3) is 10.9 Å². The van der Waals surface area contributed by atoms with E-state index in [2.05, 4.69) is 20.6 Å². The number of esters is 1. The van der Waals surface area contributed by atoms with Crippen LogP contribution in [0.1, 0.15) is 25.7 Å². The van der Waals surface area contributed by atoms with E-state index in [4.69, 9.17) is 31.5 Å². The lowest BCUT2D eigenvalue weighted by Gasteiger charge is -2.33. The SMILES string of the molecule is COC(=O)[C@H](NCCN)[C@H]1CC[C@H](Oc2cc3c(Nc4cccc(Cl)c4F)ncnc3cc2OC)CC1. The van der Waals surface area contributed by atoms with Gasteiger partial charge in [0.1, 0.15) is 18.2 Å². The van der Waals surface area contributed by atoms with Gasteiger partial charge in [-0.1, -0.05) is 17.7 Å². The average Bonchev–Trinajstić information content (AvgIpc) is 2.92. The summed E-state index contributed by atoms with van der Waals surface area (Å²) < 4.78 is 31.4. The zero-order valence-electron chi connectivity index (χ0n) is 20.8. The molecule has 2 aromatic carbocycles. The fourth-order valence-corrected chi connectivity index (χ4v) is 4.85. The summed E-state index contributed by atoms with van der Waals surface area (Å²) >= 11 is 5.93. The highest BCUT2D eigenvalue weighted by Crippen LogP contribution is 2.38. The third-order valence-corrected chi connectivity index (χ3v) is 6.86. The maximum atomic E-state index is 14.5. The Morgan fingerprint density at radius 3 is 2.68 bits per heavy atom. The van der Waals surface area contributed by atoms with Crippen molar-refractivity contribution in [2.45, 2.75) is 37.8 Å². The molecule has 3 aromatic rings. The second kappa shape index (κ2) is 12.4. The topological polar surface area (TPSA) is 121 Å². The summed E-state index contributed by atoms with van der Waals surface area (Å²) in [5, 5.41) is 6.87. The van der Waals surface area contributed by atoms with Gasteiger partial charge in [0.2, 0.25) is 0 Å². The van der Waals surface area contributed by atoms with Crippen molar-refractivity contribution in [2.75, 3.05) is 32.6 Å². The number of halogens is 2. The van der Waals surface area contributed by atoms with Crippen LogP contribution in [0, 0.1) is 11.7 Å². The predicted molar refractivity (Wildman–Crippen MR) is 140 cm³/mol. The third-order valence-electron chi connectivity index (χ3n) is 6.57. The number of methoxy groups -OCH3 is 2. The molecule has 1 fully saturated rings. The van der Waals surface area contributed by atoms with E-state index in [0.29, 0.717) is 41.3 Å². The number of fused-ring (bicyclic) bond motifs is 1. The Morgan fingerprint density at radius 1 is 1.19 bits per heavy atom. The summed E-state index contributed by atoms with van der Waals surface area (Å²) in [5.74, 6) is 0.774. The van der Waals surface area contributed by atoms with Gasteiger partial charge in [-0.25, -0.2) is 14.4 Å². The number of hydrogen-bond donors (Lipinski definition) is 3. The van der Waals surface area contributed by atoms with Gasteiger partial charge in [0.25, 0.3) is 0 Å². The first-order chi connectivity index (χ1) is 17.9. The number of carbonyl (C=O) groups excluding carboxylic acids is 1. The first-order valence-corrected chi connectivity index (χ1v) is 12.5. The molecule has 1 atom stereocenters. The Balaban J connectivity index is 1.53. The molecular formula is C26H31ClFN5O4. The molecule has 4 N–H and O–H groups in total. The van der Waals surface area contributed by atoms with Crippen LogP contribution in [0.15, 0.2) is 36.7 Å². The molecule has 9 nitrogen and oxygen atoms in total. The maximum Gasteiger partial charge on any atom is 0.323 e. The molecule has 0 amide bonds. The Kier molecular flexibility index (Phi) is 8.96. The van der Waals surface area contributed by atoms with Crippen LogP contribution < -0.4 is 25.8 Å². The van der Waals surface area contributed by atoms with Gasteiger partial charge < -0.3 is 30.6 Å².